The smallest absolute Gasteiger partial charge is 0.217 e. The molecule has 0 heterocycles. The topological polar surface area (TPSA) is 29.1 Å². The van der Waals surface area contributed by atoms with Crippen molar-refractivity contribution in [3.8, 4) is 0 Å². The number of amides is 1. The van der Waals surface area contributed by atoms with Gasteiger partial charge in [-0.1, -0.05) is 12.1 Å². The molecule has 2 rings (SSSR count). The first-order chi connectivity index (χ1) is 6.68. The second-order valence-electron chi connectivity index (χ2n) is 3.60. The molecule has 1 atom stereocenters. The van der Waals surface area contributed by atoms with Crippen molar-refractivity contribution in [1.82, 2.24) is 5.32 Å². The van der Waals surface area contributed by atoms with E-state index < -0.39 is 0 Å². The second-order valence-corrected chi connectivity index (χ2v) is 3.60. The van der Waals surface area contributed by atoms with Gasteiger partial charge in [-0.3, -0.25) is 4.79 Å². The molecule has 2 nitrogen and oxygen atoms in total. The molecular weight excluding hydrogens is 181 g/mol. The Morgan fingerprint density at radius 2 is 2.36 bits per heavy atom. The summed E-state index contributed by atoms with van der Waals surface area (Å²) in [6.45, 7) is 1.48. The summed E-state index contributed by atoms with van der Waals surface area (Å²) in [6, 6.07) is 5.04. The first-order valence-corrected chi connectivity index (χ1v) is 4.73. The Kier molecular flexibility index (Phi) is 2.23. The summed E-state index contributed by atoms with van der Waals surface area (Å²) in [5.74, 6) is -0.220. The van der Waals surface area contributed by atoms with E-state index in [0.29, 0.717) is 6.42 Å². The normalized spacial score (nSPS) is 19.1. The van der Waals surface area contributed by atoms with Crippen LogP contribution in [0.25, 0.3) is 0 Å². The van der Waals surface area contributed by atoms with E-state index in [0.717, 1.165) is 17.5 Å². The zero-order valence-corrected chi connectivity index (χ0v) is 8.01. The van der Waals surface area contributed by atoms with Gasteiger partial charge >= 0.3 is 0 Å². The first kappa shape index (κ1) is 9.19. The molecule has 1 N–H and O–H groups in total. The van der Waals surface area contributed by atoms with E-state index in [-0.39, 0.29) is 17.8 Å². The number of fused-ring (bicyclic) bond motifs is 1. The van der Waals surface area contributed by atoms with E-state index >= 15 is 0 Å². The van der Waals surface area contributed by atoms with Crippen molar-refractivity contribution in [3.63, 3.8) is 0 Å². The van der Waals surface area contributed by atoms with E-state index in [1.54, 1.807) is 6.07 Å². The number of rotatable bonds is 1. The van der Waals surface area contributed by atoms with Gasteiger partial charge in [-0.2, -0.15) is 0 Å². The number of hydrogen-bond acceptors (Lipinski definition) is 1. The molecule has 1 aromatic rings. The van der Waals surface area contributed by atoms with Crippen LogP contribution in [0, 0.1) is 5.82 Å². The van der Waals surface area contributed by atoms with Crippen LogP contribution in [0.3, 0.4) is 0 Å². The van der Waals surface area contributed by atoms with E-state index in [4.69, 9.17) is 0 Å². The lowest BCUT2D eigenvalue weighted by Gasteiger charge is -2.11. The molecule has 14 heavy (non-hydrogen) atoms. The largest absolute Gasteiger partial charge is 0.350 e. The summed E-state index contributed by atoms with van der Waals surface area (Å²) in [5.41, 5.74) is 1.69. The Morgan fingerprint density at radius 3 is 3.07 bits per heavy atom. The van der Waals surface area contributed by atoms with E-state index in [9.17, 15) is 9.18 Å². The van der Waals surface area contributed by atoms with Crippen molar-refractivity contribution in [3.05, 3.63) is 35.1 Å². The molecule has 1 amide bonds. The van der Waals surface area contributed by atoms with Crippen LogP contribution in [0.15, 0.2) is 18.2 Å². The van der Waals surface area contributed by atoms with Crippen LogP contribution >= 0.6 is 0 Å². The number of nitrogens with one attached hydrogen (secondary N) is 1. The van der Waals surface area contributed by atoms with E-state index in [1.807, 2.05) is 6.07 Å². The minimum absolute atomic E-state index is 0.00167. The van der Waals surface area contributed by atoms with Crippen LogP contribution in [0.2, 0.25) is 0 Å². The maximum absolute atomic E-state index is 13.3. The highest BCUT2D eigenvalue weighted by Crippen LogP contribution is 2.32. The van der Waals surface area contributed by atoms with E-state index in [2.05, 4.69) is 5.32 Å². The van der Waals surface area contributed by atoms with Crippen LogP contribution in [0.1, 0.15) is 30.5 Å². The molecule has 0 radical (unpaired) electrons. The van der Waals surface area contributed by atoms with Crippen molar-refractivity contribution in [2.45, 2.75) is 25.8 Å². The maximum Gasteiger partial charge on any atom is 0.217 e. The van der Waals surface area contributed by atoms with Crippen LogP contribution in [-0.2, 0) is 11.2 Å². The Morgan fingerprint density at radius 1 is 1.57 bits per heavy atom. The Labute approximate surface area is 82.1 Å². The summed E-state index contributed by atoms with van der Waals surface area (Å²) in [5, 5.41) is 2.82. The minimum atomic E-state index is -0.157. The molecule has 1 aliphatic rings. The summed E-state index contributed by atoms with van der Waals surface area (Å²) in [7, 11) is 0. The Bertz CT molecular complexity index is 376. The van der Waals surface area contributed by atoms with Gasteiger partial charge in [0.1, 0.15) is 5.82 Å². The number of benzene rings is 1. The number of hydrogen-bond donors (Lipinski definition) is 1. The average molecular weight is 193 g/mol. The van der Waals surface area contributed by atoms with Gasteiger partial charge in [0.2, 0.25) is 5.91 Å². The Balaban J connectivity index is 2.30. The van der Waals surface area contributed by atoms with Crippen molar-refractivity contribution in [2.75, 3.05) is 0 Å². The molecule has 1 aromatic carbocycles. The lowest BCUT2D eigenvalue weighted by molar-refractivity contribution is -0.119. The van der Waals surface area contributed by atoms with E-state index in [1.165, 1.54) is 13.0 Å². The molecule has 1 aliphatic carbocycles. The maximum atomic E-state index is 13.3. The third kappa shape index (κ3) is 1.50. The van der Waals surface area contributed by atoms with Gasteiger partial charge < -0.3 is 5.32 Å². The molecule has 0 saturated carbocycles. The van der Waals surface area contributed by atoms with Gasteiger partial charge in [-0.15, -0.1) is 0 Å². The van der Waals surface area contributed by atoms with Gasteiger partial charge in [-0.05, 0) is 30.0 Å². The van der Waals surface area contributed by atoms with Crippen molar-refractivity contribution < 1.29 is 9.18 Å². The van der Waals surface area contributed by atoms with Crippen molar-refractivity contribution >= 4 is 5.91 Å². The van der Waals surface area contributed by atoms with Crippen molar-refractivity contribution in [2.24, 2.45) is 0 Å². The molecule has 3 heteroatoms. The summed E-state index contributed by atoms with van der Waals surface area (Å²) in [4.78, 5) is 10.9. The quantitative estimate of drug-likeness (QED) is 0.725. The minimum Gasteiger partial charge on any atom is -0.350 e. The molecule has 0 saturated heterocycles. The highest BCUT2D eigenvalue weighted by molar-refractivity contribution is 5.73. The average Bonchev–Trinajstić information content (AvgIpc) is 2.49. The number of carbonyl (C=O) groups is 1. The second kappa shape index (κ2) is 3.40. The van der Waals surface area contributed by atoms with Gasteiger partial charge in [-0.25, -0.2) is 4.39 Å². The highest BCUT2D eigenvalue weighted by atomic mass is 19.1. The van der Waals surface area contributed by atoms with Crippen molar-refractivity contribution in [1.29, 1.82) is 0 Å². The molecule has 0 spiro atoms. The summed E-state index contributed by atoms with van der Waals surface area (Å²) in [6.07, 6.45) is 1.52. The fourth-order valence-corrected chi connectivity index (χ4v) is 2.01. The van der Waals surface area contributed by atoms with Crippen LogP contribution in [0.5, 0.6) is 0 Å². The van der Waals surface area contributed by atoms with Gasteiger partial charge in [0.25, 0.3) is 0 Å². The van der Waals surface area contributed by atoms with Crippen LogP contribution < -0.4 is 5.32 Å². The molecule has 0 aliphatic heterocycles. The third-order valence-electron chi connectivity index (χ3n) is 2.59. The van der Waals surface area contributed by atoms with Crippen LogP contribution in [-0.4, -0.2) is 5.91 Å². The molecule has 0 aromatic heterocycles. The van der Waals surface area contributed by atoms with Gasteiger partial charge in [0.05, 0.1) is 6.04 Å². The monoisotopic (exact) mass is 193 g/mol. The number of halogens is 1. The van der Waals surface area contributed by atoms with Gasteiger partial charge in [0.15, 0.2) is 0 Å². The fraction of sp³-hybridized carbons (Fsp3) is 0.364. The summed E-state index contributed by atoms with van der Waals surface area (Å²) < 4.78 is 13.3. The Hall–Kier alpha value is -1.38. The molecule has 74 valence electrons. The van der Waals surface area contributed by atoms with Crippen LogP contribution in [0.4, 0.5) is 4.39 Å². The SMILES string of the molecule is CC(=O)NC1CCc2c(F)cccc21. The fourth-order valence-electron chi connectivity index (χ4n) is 2.01. The molecule has 0 fully saturated rings. The first-order valence-electron chi connectivity index (χ1n) is 4.73. The molecular formula is C11H12FNO. The van der Waals surface area contributed by atoms with Gasteiger partial charge in [0, 0.05) is 6.92 Å². The molecule has 0 bridgehead atoms. The lowest BCUT2D eigenvalue weighted by atomic mass is 10.1. The molecule has 1 unspecified atom stereocenters. The predicted molar refractivity (Wildman–Crippen MR) is 51.3 cm³/mol. The zero-order chi connectivity index (χ0) is 10.1. The number of carbonyl (C=O) groups excluding carboxylic acids is 1. The lowest BCUT2D eigenvalue weighted by Crippen LogP contribution is -2.24. The standard InChI is InChI=1S/C11H12FNO/c1-7(14)13-11-6-5-8-9(11)3-2-4-10(8)12/h2-4,11H,5-6H2,1H3,(H,13,14). The zero-order valence-electron chi connectivity index (χ0n) is 8.01. The summed E-state index contributed by atoms with van der Waals surface area (Å²) >= 11 is 0. The predicted octanol–water partition coefficient (Wildman–Crippen LogP) is 1.95. The third-order valence-corrected chi connectivity index (χ3v) is 2.59. The highest BCUT2D eigenvalue weighted by Gasteiger charge is 2.24.